The third-order valence-corrected chi connectivity index (χ3v) is 4.84. The van der Waals surface area contributed by atoms with E-state index in [2.05, 4.69) is 0 Å². The first kappa shape index (κ1) is 15.9. The molecule has 0 aliphatic heterocycles. The van der Waals surface area contributed by atoms with Crippen molar-refractivity contribution >= 4 is 9.28 Å². The van der Waals surface area contributed by atoms with E-state index >= 15 is 0 Å². The topological polar surface area (TPSA) is 18.5 Å². The summed E-state index contributed by atoms with van der Waals surface area (Å²) in [5.74, 6) is 0. The largest absolute Gasteiger partial charge is 0.394 e. The smallest absolute Gasteiger partial charge is 0.327 e. The predicted octanol–water partition coefficient (Wildman–Crippen LogP) is 3.05. The van der Waals surface area contributed by atoms with Crippen LogP contribution >= 0.6 is 0 Å². The lowest BCUT2D eigenvalue weighted by molar-refractivity contribution is 0.0331. The molecule has 0 amide bonds. The van der Waals surface area contributed by atoms with Crippen LogP contribution in [0.3, 0.4) is 0 Å². The van der Waals surface area contributed by atoms with Crippen molar-refractivity contribution in [1.29, 1.82) is 0 Å². The zero-order valence-corrected chi connectivity index (χ0v) is 11.6. The first-order valence-electron chi connectivity index (χ1n) is 5.48. The molecule has 2 nitrogen and oxygen atoms in total. The Morgan fingerprint density at radius 3 is 1.44 bits per heavy atom. The Labute approximate surface area is 97.0 Å². The molecule has 0 heterocycles. The molecule has 0 rings (SSSR count). The quantitative estimate of drug-likeness (QED) is 0.653. The van der Waals surface area contributed by atoms with Gasteiger partial charge in [0.2, 0.25) is 0 Å². The van der Waals surface area contributed by atoms with E-state index in [1.165, 1.54) is 6.92 Å². The number of hydrogen-bond acceptors (Lipinski definition) is 2. The number of hydrogen-bond donors (Lipinski definition) is 0. The molecular weight excluding hydrogens is 237 g/mol. The lowest BCUT2D eigenvalue weighted by Crippen LogP contribution is -2.38. The van der Waals surface area contributed by atoms with Gasteiger partial charge in [-0.25, -0.2) is 13.2 Å². The molecule has 0 aliphatic rings. The predicted molar refractivity (Wildman–Crippen MR) is 59.9 cm³/mol. The Balaban J connectivity index is 4.47. The van der Waals surface area contributed by atoms with Crippen molar-refractivity contribution < 1.29 is 22.0 Å². The monoisotopic (exact) mass is 258 g/mol. The minimum absolute atomic E-state index is 0.136. The highest BCUT2D eigenvalue weighted by molar-refractivity contribution is 6.46. The molecule has 0 spiro atoms. The van der Waals surface area contributed by atoms with Gasteiger partial charge >= 0.3 is 9.28 Å². The molecule has 6 heteroatoms. The Bertz CT molecular complexity index is 181. The average molecular weight is 258 g/mol. The van der Waals surface area contributed by atoms with E-state index in [-0.39, 0.29) is 12.2 Å². The molecule has 0 aromatic heterocycles. The molecular formula is C10H21F3O2Si. The molecule has 0 radical (unpaired) electrons. The fraction of sp³-hybridized carbons (Fsp3) is 1.00. The first-order chi connectivity index (χ1) is 7.25. The van der Waals surface area contributed by atoms with E-state index in [1.54, 1.807) is 27.7 Å². The second kappa shape index (κ2) is 7.29. The summed E-state index contributed by atoms with van der Waals surface area (Å²) < 4.78 is 48.6. The Morgan fingerprint density at radius 1 is 0.812 bits per heavy atom. The third kappa shape index (κ3) is 5.86. The fourth-order valence-corrected chi connectivity index (χ4v) is 3.30. The van der Waals surface area contributed by atoms with E-state index in [0.29, 0.717) is 0 Å². The normalized spacial score (nSPS) is 16.5. The van der Waals surface area contributed by atoms with Gasteiger partial charge in [0.25, 0.3) is 6.43 Å². The molecule has 16 heavy (non-hydrogen) atoms. The molecule has 0 aromatic carbocycles. The minimum Gasteiger partial charge on any atom is -0.394 e. The van der Waals surface area contributed by atoms with Crippen molar-refractivity contribution in [3.8, 4) is 0 Å². The summed E-state index contributed by atoms with van der Waals surface area (Å²) in [6.45, 7) is 8.56. The molecule has 0 N–H and O–H groups in total. The molecule has 0 saturated carbocycles. The summed E-state index contributed by atoms with van der Waals surface area (Å²) in [5, 5.41) is 0. The summed E-state index contributed by atoms with van der Waals surface area (Å²) >= 11 is 0. The molecule has 0 bridgehead atoms. The van der Waals surface area contributed by atoms with Crippen LogP contribution in [0.4, 0.5) is 13.2 Å². The van der Waals surface area contributed by atoms with Gasteiger partial charge in [-0.2, -0.15) is 0 Å². The Kier molecular flexibility index (Phi) is 7.26. The first-order valence-corrected chi connectivity index (χ1v) is 7.09. The average Bonchev–Trinajstić information content (AvgIpc) is 2.12. The van der Waals surface area contributed by atoms with Crippen LogP contribution in [0.1, 0.15) is 34.6 Å². The second-order valence-electron chi connectivity index (χ2n) is 4.38. The van der Waals surface area contributed by atoms with Crippen molar-refractivity contribution in [2.75, 3.05) is 0 Å². The number of halogens is 3. The van der Waals surface area contributed by atoms with Crippen molar-refractivity contribution in [3.05, 3.63) is 0 Å². The van der Waals surface area contributed by atoms with Crippen LogP contribution in [0, 0.1) is 0 Å². The number of alkyl halides is 3. The van der Waals surface area contributed by atoms with Gasteiger partial charge in [0.15, 0.2) is 6.17 Å². The zero-order chi connectivity index (χ0) is 12.9. The van der Waals surface area contributed by atoms with Gasteiger partial charge in [-0.05, 0) is 27.7 Å². The lowest BCUT2D eigenvalue weighted by Gasteiger charge is -2.28. The lowest BCUT2D eigenvalue weighted by atomic mass is 10.3. The molecule has 0 fully saturated rings. The van der Waals surface area contributed by atoms with Gasteiger partial charge in [0.05, 0.1) is 0 Å². The highest BCUT2D eigenvalue weighted by Gasteiger charge is 2.36. The molecule has 98 valence electrons. The standard InChI is InChI=1S/C10H21F3O2Si/c1-6(2)14-16(15-7(3)4)8(5)9(11)10(12)13/h6-10,16H,1-5H3. The Hall–Kier alpha value is -0.0731. The van der Waals surface area contributed by atoms with Crippen molar-refractivity contribution in [3.63, 3.8) is 0 Å². The highest BCUT2D eigenvalue weighted by atomic mass is 28.3. The maximum atomic E-state index is 13.2. The van der Waals surface area contributed by atoms with Gasteiger partial charge in [0.1, 0.15) is 0 Å². The van der Waals surface area contributed by atoms with Gasteiger partial charge in [-0.1, -0.05) is 6.92 Å². The molecule has 2 unspecified atom stereocenters. The van der Waals surface area contributed by atoms with Crippen LogP contribution in [0.25, 0.3) is 0 Å². The van der Waals surface area contributed by atoms with Crippen LogP contribution in [0.2, 0.25) is 5.54 Å². The van der Waals surface area contributed by atoms with E-state index in [4.69, 9.17) is 8.85 Å². The summed E-state index contributed by atoms with van der Waals surface area (Å²) in [5.41, 5.74) is -0.857. The van der Waals surface area contributed by atoms with Gasteiger partial charge in [0, 0.05) is 17.7 Å². The highest BCUT2D eigenvalue weighted by Crippen LogP contribution is 2.26. The maximum Gasteiger partial charge on any atom is 0.327 e. The van der Waals surface area contributed by atoms with E-state index < -0.39 is 27.4 Å². The maximum absolute atomic E-state index is 13.2. The minimum atomic E-state index is -2.98. The van der Waals surface area contributed by atoms with Crippen LogP contribution in [-0.4, -0.2) is 34.1 Å². The SMILES string of the molecule is CC(C)O[SiH](OC(C)C)C(C)C(F)C(F)F. The van der Waals surface area contributed by atoms with Gasteiger partial charge in [-0.3, -0.25) is 0 Å². The Morgan fingerprint density at radius 2 is 1.19 bits per heavy atom. The van der Waals surface area contributed by atoms with E-state index in [1.807, 2.05) is 0 Å². The van der Waals surface area contributed by atoms with Gasteiger partial charge in [-0.15, -0.1) is 0 Å². The fourth-order valence-electron chi connectivity index (χ4n) is 1.20. The van der Waals surface area contributed by atoms with Crippen molar-refractivity contribution in [2.24, 2.45) is 0 Å². The van der Waals surface area contributed by atoms with Crippen molar-refractivity contribution in [2.45, 2.75) is 65.0 Å². The van der Waals surface area contributed by atoms with Gasteiger partial charge < -0.3 is 8.85 Å². The van der Waals surface area contributed by atoms with Crippen LogP contribution < -0.4 is 0 Å². The van der Waals surface area contributed by atoms with Crippen molar-refractivity contribution in [1.82, 2.24) is 0 Å². The second-order valence-corrected chi connectivity index (χ2v) is 6.71. The summed E-state index contributed by atoms with van der Waals surface area (Å²) in [4.78, 5) is 0. The zero-order valence-electron chi connectivity index (χ0n) is 10.4. The molecule has 2 atom stereocenters. The summed E-state index contributed by atoms with van der Waals surface area (Å²) in [6.07, 6.45) is -5.42. The van der Waals surface area contributed by atoms with E-state index in [9.17, 15) is 13.2 Å². The van der Waals surface area contributed by atoms with Crippen LogP contribution in [0.5, 0.6) is 0 Å². The van der Waals surface area contributed by atoms with Crippen LogP contribution in [-0.2, 0) is 8.85 Å². The third-order valence-electron chi connectivity index (χ3n) is 1.98. The van der Waals surface area contributed by atoms with Crippen LogP contribution in [0.15, 0.2) is 0 Å². The summed E-state index contributed by atoms with van der Waals surface area (Å²) in [6, 6.07) is 0. The number of rotatable bonds is 7. The van der Waals surface area contributed by atoms with E-state index in [0.717, 1.165) is 0 Å². The molecule has 0 saturated heterocycles. The molecule has 0 aromatic rings. The molecule has 0 aliphatic carbocycles. The summed E-state index contributed by atoms with van der Waals surface area (Å²) in [7, 11) is -2.41.